The first-order valence-corrected chi connectivity index (χ1v) is 3.44. The minimum atomic E-state index is -0.294. The Morgan fingerprint density at radius 2 is 2.11 bits per heavy atom. The Kier molecular flexibility index (Phi) is 3.78. The summed E-state index contributed by atoms with van der Waals surface area (Å²) in [6.07, 6.45) is 1.90. The van der Waals surface area contributed by atoms with E-state index in [1.165, 1.54) is 0 Å². The third-order valence-corrected chi connectivity index (χ3v) is 1.67. The standard InChI is InChI=1S/C7H16FN/c1-3-4-7(2,5-8)6-9/h3-6,9H2,1-2H3. The Morgan fingerprint density at radius 1 is 1.56 bits per heavy atom. The molecule has 0 saturated carbocycles. The summed E-state index contributed by atoms with van der Waals surface area (Å²) >= 11 is 0. The predicted octanol–water partition coefficient (Wildman–Crippen LogP) is 1.72. The second-order valence-corrected chi connectivity index (χ2v) is 2.90. The molecule has 0 bridgehead atoms. The Morgan fingerprint density at radius 3 is 2.22 bits per heavy atom. The highest BCUT2D eigenvalue weighted by Gasteiger charge is 2.20. The molecular weight excluding hydrogens is 117 g/mol. The zero-order valence-corrected chi connectivity index (χ0v) is 6.28. The van der Waals surface area contributed by atoms with Crippen LogP contribution in [-0.2, 0) is 0 Å². The first-order chi connectivity index (χ1) is 4.18. The minimum absolute atomic E-state index is 0.255. The summed E-state index contributed by atoms with van der Waals surface area (Å²) in [6.45, 7) is 4.09. The van der Waals surface area contributed by atoms with Crippen molar-refractivity contribution in [2.45, 2.75) is 26.7 Å². The quantitative estimate of drug-likeness (QED) is 0.621. The van der Waals surface area contributed by atoms with Gasteiger partial charge in [-0.1, -0.05) is 20.3 Å². The molecule has 1 atom stereocenters. The molecule has 2 N–H and O–H groups in total. The third kappa shape index (κ3) is 2.80. The number of halogens is 1. The van der Waals surface area contributed by atoms with Crippen LogP contribution in [-0.4, -0.2) is 13.2 Å². The topological polar surface area (TPSA) is 26.0 Å². The van der Waals surface area contributed by atoms with Gasteiger partial charge in [0.15, 0.2) is 0 Å². The molecule has 0 aromatic carbocycles. The predicted molar refractivity (Wildman–Crippen MR) is 38.0 cm³/mol. The lowest BCUT2D eigenvalue weighted by Gasteiger charge is -2.22. The van der Waals surface area contributed by atoms with Gasteiger partial charge in [-0.3, -0.25) is 4.39 Å². The van der Waals surface area contributed by atoms with Crippen LogP contribution in [0.15, 0.2) is 0 Å². The molecule has 1 nitrogen and oxygen atoms in total. The van der Waals surface area contributed by atoms with Gasteiger partial charge in [0.05, 0.1) is 6.67 Å². The number of alkyl halides is 1. The molecule has 0 saturated heterocycles. The highest BCUT2D eigenvalue weighted by atomic mass is 19.1. The summed E-state index contributed by atoms with van der Waals surface area (Å²) in [4.78, 5) is 0. The summed E-state index contributed by atoms with van der Waals surface area (Å²) in [5, 5.41) is 0. The van der Waals surface area contributed by atoms with Crippen molar-refractivity contribution < 1.29 is 4.39 Å². The van der Waals surface area contributed by atoms with E-state index in [9.17, 15) is 4.39 Å². The van der Waals surface area contributed by atoms with Gasteiger partial charge in [0.25, 0.3) is 0 Å². The molecule has 56 valence electrons. The molecule has 0 aliphatic heterocycles. The number of hydrogen-bond donors (Lipinski definition) is 1. The van der Waals surface area contributed by atoms with Crippen LogP contribution in [0.3, 0.4) is 0 Å². The Bertz CT molecular complexity index is 69.3. The van der Waals surface area contributed by atoms with E-state index in [0.29, 0.717) is 6.54 Å². The van der Waals surface area contributed by atoms with Gasteiger partial charge >= 0.3 is 0 Å². The van der Waals surface area contributed by atoms with E-state index in [0.717, 1.165) is 12.8 Å². The average molecular weight is 133 g/mol. The van der Waals surface area contributed by atoms with E-state index in [-0.39, 0.29) is 12.1 Å². The summed E-state index contributed by atoms with van der Waals surface area (Å²) in [7, 11) is 0. The van der Waals surface area contributed by atoms with Crippen LogP contribution in [0, 0.1) is 5.41 Å². The van der Waals surface area contributed by atoms with Crippen LogP contribution in [0.1, 0.15) is 26.7 Å². The Labute approximate surface area is 56.4 Å². The van der Waals surface area contributed by atoms with Crippen LogP contribution in [0.4, 0.5) is 4.39 Å². The summed E-state index contributed by atoms with van der Waals surface area (Å²) < 4.78 is 12.1. The number of nitrogens with two attached hydrogens (primary N) is 1. The van der Waals surface area contributed by atoms with Gasteiger partial charge in [-0.05, 0) is 6.42 Å². The second kappa shape index (κ2) is 3.83. The average Bonchev–Trinajstić information content (AvgIpc) is 1.89. The van der Waals surface area contributed by atoms with E-state index in [1.807, 2.05) is 13.8 Å². The molecule has 0 aromatic rings. The van der Waals surface area contributed by atoms with Crippen molar-refractivity contribution in [2.75, 3.05) is 13.2 Å². The van der Waals surface area contributed by atoms with Crippen LogP contribution in [0.5, 0.6) is 0 Å². The van der Waals surface area contributed by atoms with Crippen molar-refractivity contribution >= 4 is 0 Å². The van der Waals surface area contributed by atoms with Crippen molar-refractivity contribution in [3.63, 3.8) is 0 Å². The van der Waals surface area contributed by atoms with Gasteiger partial charge in [-0.2, -0.15) is 0 Å². The van der Waals surface area contributed by atoms with E-state index < -0.39 is 0 Å². The summed E-state index contributed by atoms with van der Waals surface area (Å²) in [5.41, 5.74) is 5.11. The molecule has 0 radical (unpaired) electrons. The molecular formula is C7H16FN. The van der Waals surface area contributed by atoms with Gasteiger partial charge in [0, 0.05) is 12.0 Å². The van der Waals surface area contributed by atoms with Crippen molar-refractivity contribution in [3.05, 3.63) is 0 Å². The highest BCUT2D eigenvalue weighted by Crippen LogP contribution is 2.21. The van der Waals surface area contributed by atoms with Crippen LogP contribution in [0.2, 0.25) is 0 Å². The van der Waals surface area contributed by atoms with E-state index in [2.05, 4.69) is 0 Å². The van der Waals surface area contributed by atoms with E-state index in [1.54, 1.807) is 0 Å². The molecule has 0 amide bonds. The molecule has 0 aliphatic rings. The molecule has 0 heterocycles. The third-order valence-electron chi connectivity index (χ3n) is 1.67. The maximum absolute atomic E-state index is 12.1. The van der Waals surface area contributed by atoms with Crippen molar-refractivity contribution in [1.29, 1.82) is 0 Å². The van der Waals surface area contributed by atoms with E-state index in [4.69, 9.17) is 5.73 Å². The largest absolute Gasteiger partial charge is 0.330 e. The molecule has 9 heavy (non-hydrogen) atoms. The van der Waals surface area contributed by atoms with Crippen molar-refractivity contribution in [3.8, 4) is 0 Å². The first-order valence-electron chi connectivity index (χ1n) is 3.44. The zero-order valence-electron chi connectivity index (χ0n) is 6.28. The fourth-order valence-corrected chi connectivity index (χ4v) is 0.827. The van der Waals surface area contributed by atoms with Gasteiger partial charge < -0.3 is 5.73 Å². The van der Waals surface area contributed by atoms with Gasteiger partial charge in [0.2, 0.25) is 0 Å². The molecule has 0 spiro atoms. The highest BCUT2D eigenvalue weighted by molar-refractivity contribution is 4.72. The van der Waals surface area contributed by atoms with E-state index >= 15 is 0 Å². The minimum Gasteiger partial charge on any atom is -0.330 e. The lowest BCUT2D eigenvalue weighted by molar-refractivity contribution is 0.221. The molecule has 2 heteroatoms. The SMILES string of the molecule is CCCC(C)(CN)CF. The van der Waals surface area contributed by atoms with Crippen molar-refractivity contribution in [1.82, 2.24) is 0 Å². The van der Waals surface area contributed by atoms with Crippen molar-refractivity contribution in [2.24, 2.45) is 11.1 Å². The maximum atomic E-state index is 12.1. The molecule has 0 rings (SSSR count). The van der Waals surface area contributed by atoms with Crippen LogP contribution >= 0.6 is 0 Å². The summed E-state index contributed by atoms with van der Waals surface area (Å²) in [6, 6.07) is 0. The monoisotopic (exact) mass is 133 g/mol. The second-order valence-electron chi connectivity index (χ2n) is 2.90. The van der Waals surface area contributed by atoms with Gasteiger partial charge in [-0.25, -0.2) is 0 Å². The lowest BCUT2D eigenvalue weighted by atomic mass is 9.87. The fourth-order valence-electron chi connectivity index (χ4n) is 0.827. The number of hydrogen-bond acceptors (Lipinski definition) is 1. The molecule has 0 aliphatic carbocycles. The van der Waals surface area contributed by atoms with Crippen LogP contribution in [0.25, 0.3) is 0 Å². The maximum Gasteiger partial charge on any atom is 0.0960 e. The molecule has 0 aromatic heterocycles. The number of rotatable bonds is 4. The van der Waals surface area contributed by atoms with Gasteiger partial charge in [0.1, 0.15) is 0 Å². The lowest BCUT2D eigenvalue weighted by Crippen LogP contribution is -2.28. The Hall–Kier alpha value is -0.110. The smallest absolute Gasteiger partial charge is 0.0960 e. The summed E-state index contributed by atoms with van der Waals surface area (Å²) in [5.74, 6) is 0. The molecule has 0 fully saturated rings. The molecule has 1 unspecified atom stereocenters. The fraction of sp³-hybridized carbons (Fsp3) is 1.00. The normalized spacial score (nSPS) is 17.3. The zero-order chi connectivity index (χ0) is 7.33. The first kappa shape index (κ1) is 8.89. The Balaban J connectivity index is 3.62. The van der Waals surface area contributed by atoms with Gasteiger partial charge in [-0.15, -0.1) is 0 Å². The van der Waals surface area contributed by atoms with Crippen LogP contribution < -0.4 is 5.73 Å².